The van der Waals surface area contributed by atoms with Crippen molar-refractivity contribution in [1.29, 1.82) is 0 Å². The van der Waals surface area contributed by atoms with E-state index in [1.165, 1.54) is 20.9 Å². The molecule has 0 amide bonds. The quantitative estimate of drug-likeness (QED) is 0.807. The third-order valence-electron chi connectivity index (χ3n) is 3.78. The first-order chi connectivity index (χ1) is 10.6. The van der Waals surface area contributed by atoms with Crippen molar-refractivity contribution in [2.75, 3.05) is 27.2 Å². The molecule has 2 nitrogen and oxygen atoms in total. The molecule has 0 spiro atoms. The number of rotatable bonds is 4. The number of fused-ring (bicyclic) bond motifs is 2. The molecular weight excluding hydrogens is 314 g/mol. The minimum absolute atomic E-state index is 0.103. The molecule has 0 N–H and O–H groups in total. The fourth-order valence-corrected chi connectivity index (χ4v) is 3.99. The molecule has 0 aliphatic carbocycles. The van der Waals surface area contributed by atoms with Crippen molar-refractivity contribution < 1.29 is 4.74 Å². The van der Waals surface area contributed by atoms with E-state index in [4.69, 9.17) is 16.3 Å². The molecule has 1 atom stereocenters. The van der Waals surface area contributed by atoms with Crippen molar-refractivity contribution in [3.63, 3.8) is 0 Å². The Morgan fingerprint density at radius 2 is 2.00 bits per heavy atom. The molecule has 0 saturated heterocycles. The van der Waals surface area contributed by atoms with Gasteiger partial charge in [-0.15, -0.1) is 0 Å². The summed E-state index contributed by atoms with van der Waals surface area (Å²) >= 11 is 7.95. The zero-order valence-electron chi connectivity index (χ0n) is 12.9. The van der Waals surface area contributed by atoms with Crippen LogP contribution in [-0.2, 0) is 11.2 Å². The zero-order chi connectivity index (χ0) is 15.5. The summed E-state index contributed by atoms with van der Waals surface area (Å²) < 4.78 is 6.20. The lowest BCUT2D eigenvalue weighted by Crippen LogP contribution is -2.20. The fourth-order valence-electron chi connectivity index (χ4n) is 2.59. The summed E-state index contributed by atoms with van der Waals surface area (Å²) in [6.07, 6.45) is 0.996. The third-order valence-corrected chi connectivity index (χ3v) is 5.20. The maximum Gasteiger partial charge on any atom is 0.0877 e. The van der Waals surface area contributed by atoms with E-state index in [0.29, 0.717) is 0 Å². The number of likely N-dealkylation sites (N-methyl/N-ethyl adjacent to an activating group) is 1. The highest BCUT2D eigenvalue weighted by atomic mass is 35.5. The van der Waals surface area contributed by atoms with Crippen molar-refractivity contribution in [3.05, 3.63) is 58.6 Å². The Morgan fingerprint density at radius 3 is 2.82 bits per heavy atom. The van der Waals surface area contributed by atoms with Crippen molar-refractivity contribution in [1.82, 2.24) is 4.90 Å². The summed E-state index contributed by atoms with van der Waals surface area (Å²) in [7, 11) is 4.13. The molecule has 2 aromatic carbocycles. The Hall–Kier alpha value is -1.00. The summed E-state index contributed by atoms with van der Waals surface area (Å²) in [6, 6.07) is 14.7. The van der Waals surface area contributed by atoms with E-state index < -0.39 is 0 Å². The standard InChI is InChI=1S/C18H20ClNOS/c1-20(2)9-10-21-16-11-13-7-8-14(19)12-18(13)22-17-6-4-3-5-15(16)17/h3-8,12,16H,9-11H2,1-2H3. The van der Waals surface area contributed by atoms with Gasteiger partial charge in [-0.2, -0.15) is 0 Å². The molecule has 3 rings (SSSR count). The van der Waals surface area contributed by atoms with Crippen molar-refractivity contribution >= 4 is 23.4 Å². The Labute approximate surface area is 141 Å². The average Bonchev–Trinajstić information content (AvgIpc) is 2.63. The van der Waals surface area contributed by atoms with Gasteiger partial charge in [0.1, 0.15) is 0 Å². The molecule has 1 unspecified atom stereocenters. The van der Waals surface area contributed by atoms with Crippen LogP contribution in [0, 0.1) is 0 Å². The summed E-state index contributed by atoms with van der Waals surface area (Å²) in [4.78, 5) is 4.64. The summed E-state index contributed by atoms with van der Waals surface area (Å²) in [5.74, 6) is 0. The van der Waals surface area contributed by atoms with Crippen LogP contribution < -0.4 is 0 Å². The van der Waals surface area contributed by atoms with Gasteiger partial charge in [-0.25, -0.2) is 0 Å². The van der Waals surface area contributed by atoms with Crippen LogP contribution in [0.4, 0.5) is 0 Å². The van der Waals surface area contributed by atoms with Crippen LogP contribution in [-0.4, -0.2) is 32.1 Å². The molecule has 0 saturated carbocycles. The van der Waals surface area contributed by atoms with Gasteiger partial charge in [-0.05, 0) is 43.4 Å². The highest BCUT2D eigenvalue weighted by Crippen LogP contribution is 2.42. The van der Waals surface area contributed by atoms with E-state index in [9.17, 15) is 0 Å². The monoisotopic (exact) mass is 333 g/mol. The predicted molar refractivity (Wildman–Crippen MR) is 93.0 cm³/mol. The number of hydrogen-bond acceptors (Lipinski definition) is 3. The van der Waals surface area contributed by atoms with E-state index in [2.05, 4.69) is 55.4 Å². The highest BCUT2D eigenvalue weighted by molar-refractivity contribution is 7.99. The first-order valence-corrected chi connectivity index (χ1v) is 8.64. The van der Waals surface area contributed by atoms with Gasteiger partial charge in [0, 0.05) is 27.8 Å². The SMILES string of the molecule is CN(C)CCOC1Cc2ccc(Cl)cc2Sc2ccccc21. The lowest BCUT2D eigenvalue weighted by atomic mass is 10.0. The lowest BCUT2D eigenvalue weighted by Gasteiger charge is -2.20. The molecular formula is C18H20ClNOS. The molecule has 1 heterocycles. The minimum Gasteiger partial charge on any atom is -0.372 e. The number of halogens is 1. The van der Waals surface area contributed by atoms with Crippen LogP contribution >= 0.6 is 23.4 Å². The molecule has 4 heteroatoms. The van der Waals surface area contributed by atoms with Crippen LogP contribution in [0.1, 0.15) is 17.2 Å². The van der Waals surface area contributed by atoms with Gasteiger partial charge >= 0.3 is 0 Å². The fraction of sp³-hybridized carbons (Fsp3) is 0.333. The average molecular weight is 334 g/mol. The first kappa shape index (κ1) is 15.9. The maximum atomic E-state index is 6.20. The van der Waals surface area contributed by atoms with E-state index in [-0.39, 0.29) is 6.10 Å². The van der Waals surface area contributed by atoms with Gasteiger partial charge in [0.25, 0.3) is 0 Å². The summed E-state index contributed by atoms with van der Waals surface area (Å²) in [5.41, 5.74) is 2.58. The molecule has 0 bridgehead atoms. The van der Waals surface area contributed by atoms with Crippen LogP contribution in [0.5, 0.6) is 0 Å². The van der Waals surface area contributed by atoms with Gasteiger partial charge in [-0.3, -0.25) is 0 Å². The third kappa shape index (κ3) is 3.66. The van der Waals surface area contributed by atoms with Crippen LogP contribution in [0.15, 0.2) is 52.3 Å². The van der Waals surface area contributed by atoms with E-state index in [1.807, 2.05) is 6.07 Å². The smallest absolute Gasteiger partial charge is 0.0877 e. The first-order valence-electron chi connectivity index (χ1n) is 7.45. The largest absolute Gasteiger partial charge is 0.372 e. The van der Waals surface area contributed by atoms with Gasteiger partial charge < -0.3 is 9.64 Å². The molecule has 0 fully saturated rings. The second-order valence-corrected chi connectivity index (χ2v) is 7.28. The number of hydrogen-bond donors (Lipinski definition) is 0. The molecule has 0 aromatic heterocycles. The van der Waals surface area contributed by atoms with Crippen molar-refractivity contribution in [3.8, 4) is 0 Å². The summed E-state index contributed by atoms with van der Waals surface area (Å²) in [6.45, 7) is 1.67. The second-order valence-electron chi connectivity index (χ2n) is 5.76. The Balaban J connectivity index is 1.90. The van der Waals surface area contributed by atoms with Crippen molar-refractivity contribution in [2.45, 2.75) is 22.3 Å². The normalized spacial score (nSPS) is 17.0. The van der Waals surface area contributed by atoms with E-state index in [0.717, 1.165) is 24.6 Å². The number of ether oxygens (including phenoxy) is 1. The van der Waals surface area contributed by atoms with Gasteiger partial charge in [0.15, 0.2) is 0 Å². The topological polar surface area (TPSA) is 12.5 Å². The molecule has 0 radical (unpaired) electrons. The van der Waals surface area contributed by atoms with Crippen LogP contribution in [0.25, 0.3) is 0 Å². The van der Waals surface area contributed by atoms with Gasteiger partial charge in [0.2, 0.25) is 0 Å². The van der Waals surface area contributed by atoms with Crippen LogP contribution in [0.2, 0.25) is 5.02 Å². The number of benzene rings is 2. The second kappa shape index (κ2) is 7.05. The van der Waals surface area contributed by atoms with Crippen LogP contribution in [0.3, 0.4) is 0 Å². The predicted octanol–water partition coefficient (Wildman–Crippen LogP) is 4.67. The van der Waals surface area contributed by atoms with E-state index >= 15 is 0 Å². The van der Waals surface area contributed by atoms with Gasteiger partial charge in [0.05, 0.1) is 12.7 Å². The Kier molecular flexibility index (Phi) is 5.09. The maximum absolute atomic E-state index is 6.20. The van der Waals surface area contributed by atoms with Gasteiger partial charge in [-0.1, -0.05) is 47.6 Å². The molecule has 22 heavy (non-hydrogen) atoms. The Morgan fingerprint density at radius 1 is 1.18 bits per heavy atom. The lowest BCUT2D eigenvalue weighted by molar-refractivity contribution is 0.0420. The minimum atomic E-state index is 0.103. The Bertz CT molecular complexity index is 659. The molecule has 1 aliphatic rings. The molecule has 116 valence electrons. The zero-order valence-corrected chi connectivity index (χ0v) is 14.5. The van der Waals surface area contributed by atoms with E-state index in [1.54, 1.807) is 11.8 Å². The van der Waals surface area contributed by atoms with Crippen molar-refractivity contribution in [2.24, 2.45) is 0 Å². The molecule has 1 aliphatic heterocycles. The highest BCUT2D eigenvalue weighted by Gasteiger charge is 2.23. The number of nitrogens with zero attached hydrogens (tertiary/aromatic N) is 1. The molecule has 2 aromatic rings. The summed E-state index contributed by atoms with van der Waals surface area (Å²) in [5, 5.41) is 0.788.